The number of hydrogen-bond donors (Lipinski definition) is 0. The van der Waals surface area contributed by atoms with E-state index < -0.39 is 0 Å². The van der Waals surface area contributed by atoms with Gasteiger partial charge >= 0.3 is 0 Å². The second-order valence-electron chi connectivity index (χ2n) is 4.80. The zero-order valence-electron chi connectivity index (χ0n) is 11.5. The van der Waals surface area contributed by atoms with Gasteiger partial charge in [-0.2, -0.15) is 0 Å². The quantitative estimate of drug-likeness (QED) is 0.582. The number of rotatable bonds is 9. The van der Waals surface area contributed by atoms with Crippen LogP contribution in [0.5, 0.6) is 0 Å². The van der Waals surface area contributed by atoms with Crippen molar-refractivity contribution < 1.29 is 14.2 Å². The molecule has 1 atom stereocenters. The smallest absolute Gasteiger partial charge is 0.159 e. The van der Waals surface area contributed by atoms with E-state index in [0.29, 0.717) is 0 Å². The Labute approximate surface area is 106 Å². The Morgan fingerprint density at radius 3 is 2.65 bits per heavy atom. The largest absolute Gasteiger partial charge is 0.381 e. The molecule has 0 aromatic heterocycles. The van der Waals surface area contributed by atoms with Gasteiger partial charge in [-0.15, -0.1) is 0 Å². The highest BCUT2D eigenvalue weighted by molar-refractivity contribution is 4.57. The first-order chi connectivity index (χ1) is 8.36. The van der Waals surface area contributed by atoms with Crippen molar-refractivity contribution in [3.63, 3.8) is 0 Å². The number of ether oxygens (including phenoxy) is 3. The predicted octanol–water partition coefficient (Wildman–Crippen LogP) is 3.37. The van der Waals surface area contributed by atoms with Crippen LogP contribution in [0.4, 0.5) is 0 Å². The van der Waals surface area contributed by atoms with E-state index in [1.54, 1.807) is 0 Å². The standard InChI is InChI=1S/C14H28O3/c1-3-5-7-13(4-2)12-15-11-8-14-16-9-6-10-17-14/h13-14H,3-12H2,1-2H3. The van der Waals surface area contributed by atoms with Crippen molar-refractivity contribution in [2.24, 2.45) is 5.92 Å². The van der Waals surface area contributed by atoms with Gasteiger partial charge in [-0.05, 0) is 18.8 Å². The maximum atomic E-state index is 5.73. The molecular weight excluding hydrogens is 216 g/mol. The Morgan fingerprint density at radius 2 is 2.00 bits per heavy atom. The van der Waals surface area contributed by atoms with Crippen LogP contribution in [0.2, 0.25) is 0 Å². The molecule has 0 aromatic rings. The Kier molecular flexibility index (Phi) is 8.67. The van der Waals surface area contributed by atoms with Crippen LogP contribution in [-0.4, -0.2) is 32.7 Å². The summed E-state index contributed by atoms with van der Waals surface area (Å²) in [6.45, 7) is 7.80. The first-order valence-corrected chi connectivity index (χ1v) is 7.17. The van der Waals surface area contributed by atoms with Crippen LogP contribution >= 0.6 is 0 Å². The molecule has 0 spiro atoms. The summed E-state index contributed by atoms with van der Waals surface area (Å²) < 4.78 is 16.7. The second-order valence-corrected chi connectivity index (χ2v) is 4.80. The van der Waals surface area contributed by atoms with Crippen LogP contribution < -0.4 is 0 Å². The molecule has 1 rings (SSSR count). The third-order valence-corrected chi connectivity index (χ3v) is 3.29. The third-order valence-electron chi connectivity index (χ3n) is 3.29. The van der Waals surface area contributed by atoms with Gasteiger partial charge in [0.15, 0.2) is 6.29 Å². The summed E-state index contributed by atoms with van der Waals surface area (Å²) in [6.07, 6.45) is 6.97. The summed E-state index contributed by atoms with van der Waals surface area (Å²) in [6, 6.07) is 0. The Hall–Kier alpha value is -0.120. The molecule has 1 saturated heterocycles. The van der Waals surface area contributed by atoms with E-state index in [0.717, 1.165) is 45.2 Å². The minimum absolute atomic E-state index is 0.0283. The van der Waals surface area contributed by atoms with Crippen LogP contribution in [0.25, 0.3) is 0 Å². The summed E-state index contributed by atoms with van der Waals surface area (Å²) in [5.74, 6) is 0.725. The van der Waals surface area contributed by atoms with Crippen molar-refractivity contribution in [2.45, 2.75) is 58.7 Å². The van der Waals surface area contributed by atoms with E-state index >= 15 is 0 Å². The van der Waals surface area contributed by atoms with Gasteiger partial charge in [0.05, 0.1) is 19.8 Å². The van der Waals surface area contributed by atoms with Gasteiger partial charge in [-0.1, -0.05) is 33.1 Å². The zero-order valence-corrected chi connectivity index (χ0v) is 11.5. The second kappa shape index (κ2) is 9.86. The van der Waals surface area contributed by atoms with Crippen molar-refractivity contribution >= 4 is 0 Å². The first kappa shape index (κ1) is 14.9. The fourth-order valence-electron chi connectivity index (χ4n) is 2.03. The van der Waals surface area contributed by atoms with Gasteiger partial charge in [-0.25, -0.2) is 0 Å². The maximum Gasteiger partial charge on any atom is 0.159 e. The van der Waals surface area contributed by atoms with Crippen LogP contribution in [0.3, 0.4) is 0 Å². The van der Waals surface area contributed by atoms with E-state index in [4.69, 9.17) is 14.2 Å². The molecule has 0 aromatic carbocycles. The van der Waals surface area contributed by atoms with Gasteiger partial charge < -0.3 is 14.2 Å². The summed E-state index contributed by atoms with van der Waals surface area (Å²) in [5, 5.41) is 0. The lowest BCUT2D eigenvalue weighted by Crippen LogP contribution is -2.26. The zero-order chi connectivity index (χ0) is 12.3. The van der Waals surface area contributed by atoms with Gasteiger partial charge in [0.25, 0.3) is 0 Å². The van der Waals surface area contributed by atoms with Crippen molar-refractivity contribution in [1.82, 2.24) is 0 Å². The van der Waals surface area contributed by atoms with Crippen LogP contribution in [0.1, 0.15) is 52.4 Å². The van der Waals surface area contributed by atoms with Crippen molar-refractivity contribution in [1.29, 1.82) is 0 Å². The average molecular weight is 244 g/mol. The first-order valence-electron chi connectivity index (χ1n) is 7.17. The Balaban J connectivity index is 1.97. The number of unbranched alkanes of at least 4 members (excludes halogenated alkanes) is 1. The molecule has 3 nitrogen and oxygen atoms in total. The summed E-state index contributed by atoms with van der Waals surface area (Å²) in [5.41, 5.74) is 0. The Bertz CT molecular complexity index is 167. The molecule has 1 fully saturated rings. The summed E-state index contributed by atoms with van der Waals surface area (Å²) in [4.78, 5) is 0. The molecule has 0 aliphatic carbocycles. The molecule has 0 saturated carbocycles. The molecular formula is C14H28O3. The monoisotopic (exact) mass is 244 g/mol. The van der Waals surface area contributed by atoms with Gasteiger partial charge in [-0.3, -0.25) is 0 Å². The molecule has 0 amide bonds. The summed E-state index contributed by atoms with van der Waals surface area (Å²) >= 11 is 0. The lowest BCUT2D eigenvalue weighted by molar-refractivity contribution is -0.186. The van der Waals surface area contributed by atoms with E-state index in [2.05, 4.69) is 13.8 Å². The van der Waals surface area contributed by atoms with E-state index in [9.17, 15) is 0 Å². The molecule has 1 heterocycles. The van der Waals surface area contributed by atoms with E-state index in [-0.39, 0.29) is 6.29 Å². The normalized spacial score (nSPS) is 19.4. The van der Waals surface area contributed by atoms with Crippen LogP contribution in [-0.2, 0) is 14.2 Å². The van der Waals surface area contributed by atoms with Crippen molar-refractivity contribution in [3.8, 4) is 0 Å². The molecule has 3 heteroatoms. The highest BCUT2D eigenvalue weighted by Gasteiger charge is 2.14. The van der Waals surface area contributed by atoms with Gasteiger partial charge in [0.2, 0.25) is 0 Å². The van der Waals surface area contributed by atoms with Crippen LogP contribution in [0.15, 0.2) is 0 Å². The summed E-state index contributed by atoms with van der Waals surface area (Å²) in [7, 11) is 0. The maximum absolute atomic E-state index is 5.73. The molecule has 102 valence electrons. The fraction of sp³-hybridized carbons (Fsp3) is 1.00. The highest BCUT2D eigenvalue weighted by Crippen LogP contribution is 2.14. The lowest BCUT2D eigenvalue weighted by atomic mass is 10.0. The van der Waals surface area contributed by atoms with E-state index in [1.165, 1.54) is 25.7 Å². The van der Waals surface area contributed by atoms with Crippen molar-refractivity contribution in [3.05, 3.63) is 0 Å². The molecule has 0 N–H and O–H groups in total. The number of hydrogen-bond acceptors (Lipinski definition) is 3. The molecule has 1 unspecified atom stereocenters. The molecule has 0 bridgehead atoms. The average Bonchev–Trinajstić information content (AvgIpc) is 2.39. The fourth-order valence-corrected chi connectivity index (χ4v) is 2.03. The topological polar surface area (TPSA) is 27.7 Å². The molecule has 1 aliphatic rings. The SMILES string of the molecule is CCCCC(CC)COCCC1OCCCO1. The Morgan fingerprint density at radius 1 is 1.24 bits per heavy atom. The molecule has 0 radical (unpaired) electrons. The minimum Gasteiger partial charge on any atom is -0.381 e. The highest BCUT2D eigenvalue weighted by atomic mass is 16.7. The van der Waals surface area contributed by atoms with Gasteiger partial charge in [0, 0.05) is 13.0 Å². The minimum atomic E-state index is -0.0283. The van der Waals surface area contributed by atoms with Crippen LogP contribution in [0, 0.1) is 5.92 Å². The van der Waals surface area contributed by atoms with E-state index in [1.807, 2.05) is 0 Å². The lowest BCUT2D eigenvalue weighted by Gasteiger charge is -2.23. The molecule has 17 heavy (non-hydrogen) atoms. The predicted molar refractivity (Wildman–Crippen MR) is 69.1 cm³/mol. The third kappa shape index (κ3) is 7.02. The van der Waals surface area contributed by atoms with Crippen molar-refractivity contribution in [2.75, 3.05) is 26.4 Å². The molecule has 1 aliphatic heterocycles. The van der Waals surface area contributed by atoms with Gasteiger partial charge in [0.1, 0.15) is 0 Å².